The van der Waals surface area contributed by atoms with Crippen LogP contribution in [-0.2, 0) is 41.7 Å². The number of nitrogen functional groups attached to an aromatic ring is 2. The number of aliphatic carboxylic acids is 1. The molecule has 0 unspecified atom stereocenters. The molecule has 3 aromatic rings. The average molecular weight is 846 g/mol. The van der Waals surface area contributed by atoms with Gasteiger partial charge in [-0.3, -0.25) is 28.0 Å². The molecule has 55 heavy (non-hydrogen) atoms. The molecule has 288 valence electrons. The van der Waals surface area contributed by atoms with Crippen molar-refractivity contribution in [2.45, 2.75) is 75.1 Å². The third-order valence-corrected chi connectivity index (χ3v) is 10.1. The Kier molecular flexibility index (Phi) is 20.3. The summed E-state index contributed by atoms with van der Waals surface area (Å²) < 4.78 is 61.8. The molecule has 5 heterocycles. The predicted octanol–water partition coefficient (Wildman–Crippen LogP) is -12.6. The van der Waals surface area contributed by atoms with E-state index < -0.39 is 89.0 Å². The number of aliphatic hydroxyl groups excluding tert-OH is 1. The van der Waals surface area contributed by atoms with Crippen LogP contribution in [0.1, 0.15) is 44.6 Å². The Morgan fingerprint density at radius 1 is 1.05 bits per heavy atom. The summed E-state index contributed by atoms with van der Waals surface area (Å²) in [6, 6.07) is 1.33. The first-order chi connectivity index (χ1) is 24.6. The molecule has 5 rings (SSSR count). The Morgan fingerprint density at radius 2 is 1.78 bits per heavy atom. The number of hydrogen-bond acceptors (Lipinski definition) is 20. The van der Waals surface area contributed by atoms with E-state index in [1.807, 2.05) is 0 Å². The molecule has 0 aliphatic carbocycles. The van der Waals surface area contributed by atoms with Gasteiger partial charge in [-0.1, -0.05) is 6.42 Å². The number of aliphatic hydroxyl groups is 1. The number of fused-ring (bicyclic) bond motifs is 1. The van der Waals surface area contributed by atoms with Crippen molar-refractivity contribution < 1.29 is 150 Å². The molecule has 2 aliphatic heterocycles. The van der Waals surface area contributed by atoms with Crippen LogP contribution in [0.3, 0.4) is 0 Å². The number of aromatic nitrogens is 6. The maximum Gasteiger partial charge on any atom is 1.00 e. The molecule has 0 saturated carbocycles. The standard InChI is InChI=1S/C26H39N9O15P2.3Na/c1-45-20-19(15(11-47-52(42,43)44)49-24(20)35-12-29-18-21(35)32-25(28)33-22(18)39)50-51(41,30-7-4-2-3-5-17(37)38)46-10-13-9-14(36)23(48-13)34-8-6-16(27)31-26(34)40;;;/h6,8,12-15,19-20,23-24,36H,2-5,7,9-11H2,1H3,(H,30,41)(H,37,38)(H2,27,31,40)(H2,42,43,44)(H3,28,32,33,39);;;/q;3*+1/p-3/t13-,14+,15+,19+,20+,23+,24+,51-;;;/m0.../s1. The molecule has 2 fully saturated rings. The summed E-state index contributed by atoms with van der Waals surface area (Å²) in [5.41, 5.74) is 9.59. The normalized spacial score (nSPS) is 24.8. The second kappa shape index (κ2) is 22.1. The second-order valence-corrected chi connectivity index (χ2v) is 14.7. The van der Waals surface area contributed by atoms with Gasteiger partial charge in [0.2, 0.25) is 5.95 Å². The van der Waals surface area contributed by atoms with Crippen LogP contribution in [0.5, 0.6) is 0 Å². The maximum absolute atomic E-state index is 14.4. The minimum Gasteiger partial charge on any atom is -0.790 e. The fourth-order valence-corrected chi connectivity index (χ4v) is 7.61. The summed E-state index contributed by atoms with van der Waals surface area (Å²) in [5.74, 6) is -1.54. The number of nitrogens with one attached hydrogen (secondary N) is 2. The minimum absolute atomic E-state index is 0. The third kappa shape index (κ3) is 13.4. The average Bonchev–Trinajstić information content (AvgIpc) is 3.75. The van der Waals surface area contributed by atoms with Gasteiger partial charge in [0, 0.05) is 32.2 Å². The molecule has 0 amide bonds. The van der Waals surface area contributed by atoms with Gasteiger partial charge in [-0.05, 0) is 25.3 Å². The van der Waals surface area contributed by atoms with E-state index >= 15 is 0 Å². The number of ether oxygens (including phenoxy) is 3. The summed E-state index contributed by atoms with van der Waals surface area (Å²) >= 11 is 0. The van der Waals surface area contributed by atoms with E-state index in [1.165, 1.54) is 23.9 Å². The van der Waals surface area contributed by atoms with Crippen LogP contribution in [0.25, 0.3) is 11.2 Å². The van der Waals surface area contributed by atoms with E-state index in [9.17, 15) is 43.5 Å². The zero-order valence-corrected chi connectivity index (χ0v) is 38.2. The number of phosphoric acid groups is 1. The summed E-state index contributed by atoms with van der Waals surface area (Å²) in [6.45, 7) is -1.46. The molecule has 29 heteroatoms. The van der Waals surface area contributed by atoms with Gasteiger partial charge in [0.05, 0.1) is 33.5 Å². The van der Waals surface area contributed by atoms with Crippen LogP contribution in [0.15, 0.2) is 28.2 Å². The SMILES string of the molecule is CO[C@@H]1[C@H](O[P@](=O)(NCCCCCC(=O)[O-])OC[C@@H]2C[C@@H](O)[C@H](n3ccc(N)nc3=O)O2)[C@@H](COP(=O)([O-])[O-])O[C@H]1n1cnc2c(=O)[nH]c(N)nc21.[Na+].[Na+].[Na+]. The number of carbonyl (C=O) groups excluding carboxylic acids is 1. The molecular formula is C26H36N9Na3O15P2. The molecule has 24 nitrogen and oxygen atoms in total. The predicted molar refractivity (Wildman–Crippen MR) is 168 cm³/mol. The van der Waals surface area contributed by atoms with E-state index in [1.54, 1.807) is 0 Å². The summed E-state index contributed by atoms with van der Waals surface area (Å²) in [6.07, 6.45) is -5.85. The van der Waals surface area contributed by atoms with Crippen LogP contribution in [0.4, 0.5) is 11.8 Å². The summed E-state index contributed by atoms with van der Waals surface area (Å²) in [7, 11) is -8.88. The number of carboxylic acid groups (broad SMARTS) is 1. The largest absolute Gasteiger partial charge is 1.00 e. The summed E-state index contributed by atoms with van der Waals surface area (Å²) in [5, 5.41) is 24.1. The number of anilines is 2. The van der Waals surface area contributed by atoms with Crippen molar-refractivity contribution in [1.82, 2.24) is 34.2 Å². The number of rotatable bonds is 18. The van der Waals surface area contributed by atoms with Gasteiger partial charge in [0.1, 0.15) is 30.2 Å². The van der Waals surface area contributed by atoms with Crippen molar-refractivity contribution in [2.75, 3.05) is 38.3 Å². The van der Waals surface area contributed by atoms with Crippen molar-refractivity contribution in [2.24, 2.45) is 0 Å². The van der Waals surface area contributed by atoms with Gasteiger partial charge >= 0.3 is 102 Å². The molecule has 3 aromatic heterocycles. The van der Waals surface area contributed by atoms with Gasteiger partial charge in [0.25, 0.3) is 5.56 Å². The molecule has 0 aromatic carbocycles. The fourth-order valence-electron chi connectivity index (χ4n) is 5.69. The molecule has 7 N–H and O–H groups in total. The Morgan fingerprint density at radius 3 is 2.44 bits per heavy atom. The van der Waals surface area contributed by atoms with Crippen LogP contribution in [0, 0.1) is 0 Å². The van der Waals surface area contributed by atoms with Gasteiger partial charge in [-0.2, -0.15) is 9.97 Å². The van der Waals surface area contributed by atoms with Gasteiger partial charge in [-0.25, -0.2) is 19.4 Å². The van der Waals surface area contributed by atoms with Crippen LogP contribution in [0.2, 0.25) is 0 Å². The quantitative estimate of drug-likeness (QED) is 0.0451. The van der Waals surface area contributed by atoms with Crippen molar-refractivity contribution in [3.63, 3.8) is 0 Å². The van der Waals surface area contributed by atoms with E-state index in [-0.39, 0.29) is 137 Å². The Bertz CT molecular complexity index is 1950. The third-order valence-electron chi connectivity index (χ3n) is 8.02. The van der Waals surface area contributed by atoms with Crippen LogP contribution < -0.4 is 131 Å². The molecule has 0 radical (unpaired) electrons. The number of nitrogens with zero attached hydrogens (tertiary/aromatic N) is 5. The minimum atomic E-state index is -5.57. The molecule has 2 saturated heterocycles. The fraction of sp³-hybridized carbons (Fsp3) is 0.615. The van der Waals surface area contributed by atoms with E-state index in [0.717, 1.165) is 10.9 Å². The van der Waals surface area contributed by atoms with Crippen LogP contribution >= 0.6 is 15.6 Å². The number of carboxylic acids is 1. The molecule has 0 bridgehead atoms. The van der Waals surface area contributed by atoms with Crippen molar-refractivity contribution >= 4 is 44.5 Å². The Labute approximate surface area is 378 Å². The number of H-pyrrole nitrogens is 1. The zero-order valence-electron chi connectivity index (χ0n) is 30.4. The topological polar surface area (TPSA) is 359 Å². The number of unbranched alkanes of at least 4 members (excludes halogenated alkanes) is 2. The van der Waals surface area contributed by atoms with Crippen molar-refractivity contribution in [1.29, 1.82) is 0 Å². The summed E-state index contributed by atoms with van der Waals surface area (Å²) in [4.78, 5) is 72.5. The molecular weight excluding hydrogens is 809 g/mol. The smallest absolute Gasteiger partial charge is 0.790 e. The van der Waals surface area contributed by atoms with Gasteiger partial charge in [-0.15, -0.1) is 0 Å². The number of nitrogens with two attached hydrogens (primary N) is 2. The van der Waals surface area contributed by atoms with E-state index in [4.69, 9.17) is 34.7 Å². The first-order valence-corrected chi connectivity index (χ1v) is 18.7. The Balaban J connectivity index is 0.00000348. The first-order valence-electron chi connectivity index (χ1n) is 15.7. The van der Waals surface area contributed by atoms with E-state index in [0.29, 0.717) is 12.8 Å². The molecule has 8 atom stereocenters. The van der Waals surface area contributed by atoms with Crippen LogP contribution in [-0.4, -0.2) is 97.5 Å². The second-order valence-electron chi connectivity index (χ2n) is 11.7. The number of carbonyl (C=O) groups is 1. The van der Waals surface area contributed by atoms with Crippen molar-refractivity contribution in [3.05, 3.63) is 39.4 Å². The first kappa shape index (κ1) is 50.5. The molecule has 2 aliphatic rings. The number of imidazole rings is 1. The number of phosphoric ester groups is 1. The number of methoxy groups -OCH3 is 1. The molecule has 0 spiro atoms. The van der Waals surface area contributed by atoms with Gasteiger partial charge < -0.3 is 59.6 Å². The van der Waals surface area contributed by atoms with Gasteiger partial charge in [0.15, 0.2) is 23.6 Å². The zero-order chi connectivity index (χ0) is 37.8. The monoisotopic (exact) mass is 845 g/mol. The number of aromatic amines is 1. The Hall–Kier alpha value is -0.640. The number of hydrogen-bond donors (Lipinski definition) is 5. The van der Waals surface area contributed by atoms with E-state index in [2.05, 4.69) is 29.5 Å². The van der Waals surface area contributed by atoms with Crippen molar-refractivity contribution in [3.8, 4) is 0 Å². The maximum atomic E-state index is 14.4.